The number of benzene rings is 2. The number of ether oxygens (including phenoxy) is 6. The largest absolute Gasteiger partial charge is 0.496 e. The van der Waals surface area contributed by atoms with Gasteiger partial charge in [0.05, 0.1) is 45.3 Å². The average Bonchev–Trinajstić information content (AvgIpc) is 2.70. The predicted molar refractivity (Wildman–Crippen MR) is 107 cm³/mol. The first-order chi connectivity index (χ1) is 13.5. The van der Waals surface area contributed by atoms with E-state index in [0.717, 1.165) is 5.56 Å². The second kappa shape index (κ2) is 9.52. The first-order valence-corrected chi connectivity index (χ1v) is 8.76. The third-order valence-electron chi connectivity index (χ3n) is 4.44. The van der Waals surface area contributed by atoms with Crippen LogP contribution in [0.25, 0.3) is 10.8 Å². The molecule has 0 radical (unpaired) electrons. The molecule has 0 heterocycles. The van der Waals surface area contributed by atoms with Crippen molar-refractivity contribution in [3.63, 3.8) is 0 Å². The Bertz CT molecular complexity index is 843. The van der Waals surface area contributed by atoms with Gasteiger partial charge in [0.1, 0.15) is 17.2 Å². The lowest BCUT2D eigenvalue weighted by atomic mass is 9.91. The quantitative estimate of drug-likeness (QED) is 0.489. The van der Waals surface area contributed by atoms with Crippen molar-refractivity contribution < 1.29 is 33.5 Å². The summed E-state index contributed by atoms with van der Waals surface area (Å²) in [6, 6.07) is 1.71. The highest BCUT2D eigenvalue weighted by atomic mass is 16.7. The minimum absolute atomic E-state index is 0.00776. The van der Waals surface area contributed by atoms with Crippen LogP contribution in [0.5, 0.6) is 28.7 Å². The van der Waals surface area contributed by atoms with Crippen LogP contribution in [0.2, 0.25) is 0 Å². The number of hydrogen-bond acceptors (Lipinski definition) is 7. The summed E-state index contributed by atoms with van der Waals surface area (Å²) < 4.78 is 33.5. The van der Waals surface area contributed by atoms with E-state index in [0.29, 0.717) is 51.5 Å². The molecular weight excluding hydrogens is 364 g/mol. The van der Waals surface area contributed by atoms with Gasteiger partial charge in [-0.1, -0.05) is 6.08 Å². The van der Waals surface area contributed by atoms with Gasteiger partial charge in [0.2, 0.25) is 0 Å². The molecule has 1 unspecified atom stereocenters. The lowest BCUT2D eigenvalue weighted by Crippen LogP contribution is -2.10. The minimum atomic E-state index is -0.835. The van der Waals surface area contributed by atoms with Crippen molar-refractivity contribution in [1.82, 2.24) is 0 Å². The maximum Gasteiger partial charge on any atom is 0.188 e. The zero-order valence-corrected chi connectivity index (χ0v) is 17.3. The van der Waals surface area contributed by atoms with Crippen LogP contribution in [0, 0.1) is 0 Å². The number of aliphatic hydroxyl groups excluding tert-OH is 1. The van der Waals surface area contributed by atoms with E-state index in [4.69, 9.17) is 28.4 Å². The van der Waals surface area contributed by atoms with E-state index in [1.165, 1.54) is 7.11 Å². The highest BCUT2D eigenvalue weighted by Crippen LogP contribution is 2.53. The van der Waals surface area contributed by atoms with Crippen LogP contribution in [-0.2, 0) is 11.2 Å². The van der Waals surface area contributed by atoms with E-state index in [-0.39, 0.29) is 6.79 Å². The van der Waals surface area contributed by atoms with Crippen molar-refractivity contribution in [2.45, 2.75) is 19.4 Å². The normalized spacial score (nSPS) is 11.8. The van der Waals surface area contributed by atoms with Crippen LogP contribution in [0.15, 0.2) is 18.7 Å². The molecule has 7 nitrogen and oxygen atoms in total. The molecule has 0 bridgehead atoms. The Labute approximate surface area is 165 Å². The molecule has 1 N–H and O–H groups in total. The molecule has 2 aromatic rings. The Hall–Kier alpha value is -2.64. The van der Waals surface area contributed by atoms with E-state index in [1.807, 2.05) is 0 Å². The van der Waals surface area contributed by atoms with E-state index in [1.54, 1.807) is 47.5 Å². The van der Waals surface area contributed by atoms with Crippen LogP contribution in [0.3, 0.4) is 0 Å². The van der Waals surface area contributed by atoms with Gasteiger partial charge in [-0.2, -0.15) is 0 Å². The number of hydrogen-bond donors (Lipinski definition) is 1. The van der Waals surface area contributed by atoms with Crippen LogP contribution in [0.1, 0.15) is 24.2 Å². The number of rotatable bonds is 10. The Balaban J connectivity index is 3.18. The molecule has 1 atom stereocenters. The molecule has 0 aliphatic heterocycles. The van der Waals surface area contributed by atoms with Gasteiger partial charge in [-0.3, -0.25) is 0 Å². The van der Waals surface area contributed by atoms with Gasteiger partial charge in [0, 0.05) is 24.3 Å². The Morgan fingerprint density at radius 1 is 0.929 bits per heavy atom. The fourth-order valence-corrected chi connectivity index (χ4v) is 3.40. The summed E-state index contributed by atoms with van der Waals surface area (Å²) in [5.74, 6) is 2.41. The van der Waals surface area contributed by atoms with Gasteiger partial charge < -0.3 is 33.5 Å². The molecule has 0 spiro atoms. The lowest BCUT2D eigenvalue weighted by molar-refractivity contribution is 0.0493. The smallest absolute Gasteiger partial charge is 0.188 e. The maximum absolute atomic E-state index is 10.6. The molecule has 0 aliphatic rings. The minimum Gasteiger partial charge on any atom is -0.496 e. The molecule has 0 aromatic heterocycles. The van der Waals surface area contributed by atoms with Crippen LogP contribution in [-0.4, -0.2) is 47.4 Å². The zero-order valence-electron chi connectivity index (χ0n) is 17.3. The van der Waals surface area contributed by atoms with Gasteiger partial charge in [0.25, 0.3) is 0 Å². The molecule has 0 amide bonds. The van der Waals surface area contributed by atoms with E-state index >= 15 is 0 Å². The van der Waals surface area contributed by atoms with Gasteiger partial charge in [0.15, 0.2) is 18.3 Å². The number of fused-ring (bicyclic) bond motifs is 1. The Kier molecular flexibility index (Phi) is 7.37. The zero-order chi connectivity index (χ0) is 20.8. The summed E-state index contributed by atoms with van der Waals surface area (Å²) in [7, 11) is 7.74. The van der Waals surface area contributed by atoms with Gasteiger partial charge in [-0.15, -0.1) is 6.58 Å². The molecule has 2 rings (SSSR count). The number of methoxy groups -OCH3 is 5. The summed E-state index contributed by atoms with van der Waals surface area (Å²) in [6.45, 7) is 5.49. The SMILES string of the molecule is C=CCc1c(C(C)O)c(OCOC)c2c(OC)cc(OC)c(OC)c2c1OC. The van der Waals surface area contributed by atoms with Crippen LogP contribution >= 0.6 is 0 Å². The molecular formula is C21H28O7. The molecule has 0 saturated heterocycles. The average molecular weight is 392 g/mol. The molecule has 28 heavy (non-hydrogen) atoms. The van der Waals surface area contributed by atoms with Crippen molar-refractivity contribution in [3.8, 4) is 28.7 Å². The van der Waals surface area contributed by atoms with Gasteiger partial charge in [-0.05, 0) is 13.3 Å². The van der Waals surface area contributed by atoms with E-state index in [2.05, 4.69) is 6.58 Å². The van der Waals surface area contributed by atoms with Crippen LogP contribution < -0.4 is 23.7 Å². The number of allylic oxidation sites excluding steroid dienone is 1. The molecule has 7 heteroatoms. The summed E-state index contributed by atoms with van der Waals surface area (Å²) in [6.07, 6.45) is 1.35. The standard InChI is InChI=1S/C21H28O7/c1-8-9-13-16(12(2)22)21(28-11-23-3)17-14(24-4)10-15(25-5)20(27-7)18(17)19(13)26-6/h8,10,12,22H,1,9,11H2,2-7H3. The van der Waals surface area contributed by atoms with E-state index in [9.17, 15) is 5.11 Å². The third kappa shape index (κ3) is 3.68. The second-order valence-corrected chi connectivity index (χ2v) is 6.04. The van der Waals surface area contributed by atoms with Crippen molar-refractivity contribution in [2.24, 2.45) is 0 Å². The van der Waals surface area contributed by atoms with Crippen molar-refractivity contribution >= 4 is 10.8 Å². The fourth-order valence-electron chi connectivity index (χ4n) is 3.40. The molecule has 2 aromatic carbocycles. The summed E-state index contributed by atoms with van der Waals surface area (Å²) in [5.41, 5.74) is 1.31. The number of aliphatic hydroxyl groups is 1. The predicted octanol–water partition coefficient (Wildman–Crippen LogP) is 3.64. The van der Waals surface area contributed by atoms with Crippen molar-refractivity contribution in [3.05, 3.63) is 29.8 Å². The topological polar surface area (TPSA) is 75.6 Å². The molecule has 0 saturated carbocycles. The van der Waals surface area contributed by atoms with Gasteiger partial charge >= 0.3 is 0 Å². The van der Waals surface area contributed by atoms with Crippen molar-refractivity contribution in [2.75, 3.05) is 42.3 Å². The third-order valence-corrected chi connectivity index (χ3v) is 4.44. The molecule has 0 aliphatic carbocycles. The summed E-state index contributed by atoms with van der Waals surface area (Å²) in [5, 5.41) is 11.8. The molecule has 154 valence electrons. The lowest BCUT2D eigenvalue weighted by Gasteiger charge is -2.25. The summed E-state index contributed by atoms with van der Waals surface area (Å²) >= 11 is 0. The second-order valence-electron chi connectivity index (χ2n) is 6.04. The fraction of sp³-hybridized carbons (Fsp3) is 0.429. The first kappa shape index (κ1) is 21.7. The highest BCUT2D eigenvalue weighted by molar-refractivity contribution is 6.05. The Morgan fingerprint density at radius 2 is 1.57 bits per heavy atom. The maximum atomic E-state index is 10.6. The van der Waals surface area contributed by atoms with Gasteiger partial charge in [-0.25, -0.2) is 0 Å². The van der Waals surface area contributed by atoms with E-state index < -0.39 is 6.10 Å². The highest BCUT2D eigenvalue weighted by Gasteiger charge is 2.29. The molecule has 0 fully saturated rings. The Morgan fingerprint density at radius 3 is 2.04 bits per heavy atom. The summed E-state index contributed by atoms with van der Waals surface area (Å²) in [4.78, 5) is 0. The van der Waals surface area contributed by atoms with Crippen molar-refractivity contribution in [1.29, 1.82) is 0 Å². The first-order valence-electron chi connectivity index (χ1n) is 8.76. The monoisotopic (exact) mass is 392 g/mol. The van der Waals surface area contributed by atoms with Crippen LogP contribution in [0.4, 0.5) is 0 Å².